The Morgan fingerprint density at radius 2 is 1.74 bits per heavy atom. The first kappa shape index (κ1) is 28.3. The molecule has 2 aromatic rings. The lowest BCUT2D eigenvalue weighted by Crippen LogP contribution is -2.48. The number of methoxy groups -OCH3 is 3. The molecule has 1 atom stereocenters. The van der Waals surface area contributed by atoms with E-state index in [4.69, 9.17) is 18.9 Å². The number of esters is 1. The molecule has 0 saturated carbocycles. The maximum absolute atomic E-state index is 13.0. The van der Waals surface area contributed by atoms with Gasteiger partial charge in [0.25, 0.3) is 0 Å². The third kappa shape index (κ3) is 6.74. The number of ether oxygens (including phenoxy) is 4. The number of urea groups is 2. The summed E-state index contributed by atoms with van der Waals surface area (Å²) in [6, 6.07) is 10.4. The molecular formula is C27H34N4O7. The Kier molecular flexibility index (Phi) is 9.94. The molecule has 4 amide bonds. The van der Waals surface area contributed by atoms with E-state index in [1.807, 2.05) is 6.92 Å². The Bertz CT molecular complexity index is 1180. The molecule has 1 aliphatic rings. The minimum atomic E-state index is -0.711. The summed E-state index contributed by atoms with van der Waals surface area (Å²) >= 11 is 0. The molecule has 1 heterocycles. The van der Waals surface area contributed by atoms with Crippen molar-refractivity contribution in [3.63, 3.8) is 0 Å². The van der Waals surface area contributed by atoms with E-state index < -0.39 is 18.0 Å². The summed E-state index contributed by atoms with van der Waals surface area (Å²) < 4.78 is 20.9. The van der Waals surface area contributed by atoms with Crippen molar-refractivity contribution in [1.82, 2.24) is 10.2 Å². The summed E-state index contributed by atoms with van der Waals surface area (Å²) in [6.07, 6.45) is 0.728. The highest BCUT2D eigenvalue weighted by Gasteiger charge is 2.36. The zero-order valence-electron chi connectivity index (χ0n) is 22.3. The van der Waals surface area contributed by atoms with Gasteiger partial charge in [0.2, 0.25) is 0 Å². The van der Waals surface area contributed by atoms with E-state index in [1.54, 1.807) is 56.5 Å². The van der Waals surface area contributed by atoms with Crippen LogP contribution in [0.15, 0.2) is 53.7 Å². The van der Waals surface area contributed by atoms with Crippen LogP contribution in [0.3, 0.4) is 0 Å². The van der Waals surface area contributed by atoms with E-state index in [0.29, 0.717) is 46.3 Å². The largest absolute Gasteiger partial charge is 0.497 e. The normalized spacial score (nSPS) is 15.0. The van der Waals surface area contributed by atoms with Gasteiger partial charge in [0.15, 0.2) is 0 Å². The average molecular weight is 527 g/mol. The molecule has 0 spiro atoms. The lowest BCUT2D eigenvalue weighted by molar-refractivity contribution is -0.140. The highest BCUT2D eigenvalue weighted by molar-refractivity contribution is 6.01. The SMILES string of the molecule is CCCN1C(=O)NC(c2ccc(NC(=O)Nc3ccc(OC)cc3OC)cc2)C(C(=O)OCCOC)=C1C. The lowest BCUT2D eigenvalue weighted by atomic mass is 9.94. The van der Waals surface area contributed by atoms with Crippen molar-refractivity contribution in [2.45, 2.75) is 26.3 Å². The highest BCUT2D eigenvalue weighted by Crippen LogP contribution is 2.32. The monoisotopic (exact) mass is 526 g/mol. The number of allylic oxidation sites excluding steroid dienone is 1. The third-order valence-electron chi connectivity index (χ3n) is 5.94. The van der Waals surface area contributed by atoms with Gasteiger partial charge in [-0.2, -0.15) is 0 Å². The van der Waals surface area contributed by atoms with Gasteiger partial charge < -0.3 is 34.9 Å². The summed E-state index contributed by atoms with van der Waals surface area (Å²) in [5.74, 6) is 0.523. The molecular weight excluding hydrogens is 492 g/mol. The van der Waals surface area contributed by atoms with Crippen LogP contribution in [-0.4, -0.2) is 64.0 Å². The number of carbonyl (C=O) groups is 3. The van der Waals surface area contributed by atoms with Crippen LogP contribution in [-0.2, 0) is 14.3 Å². The third-order valence-corrected chi connectivity index (χ3v) is 5.94. The maximum atomic E-state index is 13.0. The molecule has 1 unspecified atom stereocenters. The van der Waals surface area contributed by atoms with Gasteiger partial charge in [0, 0.05) is 31.1 Å². The molecule has 0 radical (unpaired) electrons. The summed E-state index contributed by atoms with van der Waals surface area (Å²) in [5, 5.41) is 8.41. The Labute approximate surface area is 222 Å². The minimum absolute atomic E-state index is 0.0947. The van der Waals surface area contributed by atoms with Crippen molar-refractivity contribution in [2.24, 2.45) is 0 Å². The first-order chi connectivity index (χ1) is 18.3. The molecule has 204 valence electrons. The van der Waals surface area contributed by atoms with Crippen molar-refractivity contribution in [2.75, 3.05) is 51.7 Å². The van der Waals surface area contributed by atoms with Crippen LogP contribution < -0.4 is 25.4 Å². The van der Waals surface area contributed by atoms with Gasteiger partial charge in [-0.3, -0.25) is 4.90 Å². The predicted molar refractivity (Wildman–Crippen MR) is 142 cm³/mol. The Morgan fingerprint density at radius 1 is 1.00 bits per heavy atom. The van der Waals surface area contributed by atoms with E-state index >= 15 is 0 Å². The van der Waals surface area contributed by atoms with Gasteiger partial charge in [-0.1, -0.05) is 19.1 Å². The van der Waals surface area contributed by atoms with E-state index in [1.165, 1.54) is 19.1 Å². The second-order valence-corrected chi connectivity index (χ2v) is 8.43. The molecule has 0 aromatic heterocycles. The second kappa shape index (κ2) is 13.3. The molecule has 3 rings (SSSR count). The first-order valence-electron chi connectivity index (χ1n) is 12.2. The number of anilines is 2. The average Bonchev–Trinajstić information content (AvgIpc) is 2.91. The van der Waals surface area contributed by atoms with Gasteiger partial charge in [-0.25, -0.2) is 14.4 Å². The molecule has 2 aromatic carbocycles. The Balaban J connectivity index is 1.78. The van der Waals surface area contributed by atoms with Gasteiger partial charge >= 0.3 is 18.0 Å². The van der Waals surface area contributed by atoms with Crippen LogP contribution in [0.4, 0.5) is 21.0 Å². The van der Waals surface area contributed by atoms with E-state index in [0.717, 1.165) is 6.42 Å². The van der Waals surface area contributed by atoms with E-state index in [9.17, 15) is 14.4 Å². The van der Waals surface area contributed by atoms with E-state index in [-0.39, 0.29) is 19.2 Å². The number of hydrogen-bond donors (Lipinski definition) is 3. The molecule has 0 fully saturated rings. The van der Waals surface area contributed by atoms with Gasteiger partial charge in [-0.05, 0) is 43.2 Å². The van der Waals surface area contributed by atoms with Gasteiger partial charge in [0.1, 0.15) is 18.1 Å². The van der Waals surface area contributed by atoms with Gasteiger partial charge in [-0.15, -0.1) is 0 Å². The molecule has 11 heteroatoms. The number of benzene rings is 2. The molecule has 1 aliphatic heterocycles. The Morgan fingerprint density at radius 3 is 2.37 bits per heavy atom. The summed E-state index contributed by atoms with van der Waals surface area (Å²) in [5.41, 5.74) is 2.53. The van der Waals surface area contributed by atoms with Crippen LogP contribution >= 0.6 is 0 Å². The highest BCUT2D eigenvalue weighted by atomic mass is 16.6. The van der Waals surface area contributed by atoms with E-state index in [2.05, 4.69) is 16.0 Å². The Hall–Kier alpha value is -4.25. The fourth-order valence-corrected chi connectivity index (χ4v) is 4.03. The zero-order chi connectivity index (χ0) is 27.7. The quantitative estimate of drug-likeness (QED) is 0.294. The topological polar surface area (TPSA) is 127 Å². The fraction of sp³-hybridized carbons (Fsp3) is 0.370. The smallest absolute Gasteiger partial charge is 0.338 e. The molecule has 0 bridgehead atoms. The number of nitrogens with zero attached hydrogens (tertiary/aromatic N) is 1. The van der Waals surface area contributed by atoms with Crippen LogP contribution in [0.2, 0.25) is 0 Å². The van der Waals surface area contributed by atoms with Crippen molar-refractivity contribution in [3.05, 3.63) is 59.3 Å². The van der Waals surface area contributed by atoms with Crippen LogP contribution in [0, 0.1) is 0 Å². The lowest BCUT2D eigenvalue weighted by Gasteiger charge is -2.35. The summed E-state index contributed by atoms with van der Waals surface area (Å²) in [6.45, 7) is 4.52. The molecule has 11 nitrogen and oxygen atoms in total. The van der Waals surface area contributed by atoms with Crippen LogP contribution in [0.25, 0.3) is 0 Å². The first-order valence-corrected chi connectivity index (χ1v) is 12.2. The number of rotatable bonds is 11. The minimum Gasteiger partial charge on any atom is -0.497 e. The second-order valence-electron chi connectivity index (χ2n) is 8.43. The summed E-state index contributed by atoms with van der Waals surface area (Å²) in [7, 11) is 4.57. The van der Waals surface area contributed by atoms with Crippen molar-refractivity contribution < 1.29 is 33.3 Å². The van der Waals surface area contributed by atoms with Crippen molar-refractivity contribution in [3.8, 4) is 11.5 Å². The number of carbonyl (C=O) groups excluding carboxylic acids is 3. The van der Waals surface area contributed by atoms with Crippen LogP contribution in [0.1, 0.15) is 31.9 Å². The fourth-order valence-electron chi connectivity index (χ4n) is 4.03. The predicted octanol–water partition coefficient (Wildman–Crippen LogP) is 4.29. The zero-order valence-corrected chi connectivity index (χ0v) is 22.3. The molecule has 0 aliphatic carbocycles. The molecule has 38 heavy (non-hydrogen) atoms. The van der Waals surface area contributed by atoms with Crippen LogP contribution in [0.5, 0.6) is 11.5 Å². The molecule has 0 saturated heterocycles. The van der Waals surface area contributed by atoms with Crippen molar-refractivity contribution >= 4 is 29.4 Å². The number of hydrogen-bond acceptors (Lipinski definition) is 7. The molecule has 3 N–H and O–H groups in total. The number of amides is 4. The number of nitrogens with one attached hydrogen (secondary N) is 3. The van der Waals surface area contributed by atoms with Gasteiger partial charge in [0.05, 0.1) is 38.1 Å². The van der Waals surface area contributed by atoms with Crippen molar-refractivity contribution in [1.29, 1.82) is 0 Å². The maximum Gasteiger partial charge on any atom is 0.338 e. The standard InChI is InChI=1S/C27H34N4O7/c1-6-13-31-17(2)23(25(32)38-15-14-35-3)24(30-27(31)34)18-7-9-19(10-8-18)28-26(33)29-21-12-11-20(36-4)16-22(21)37-5/h7-12,16,24H,6,13-15H2,1-5H3,(H,30,34)(H2,28,29,33). The summed E-state index contributed by atoms with van der Waals surface area (Å²) in [4.78, 5) is 39.9.